The molecule has 1 saturated heterocycles. The van der Waals surface area contributed by atoms with E-state index in [1.807, 2.05) is 48.2 Å². The average molecular weight is 498 g/mol. The number of fused-ring (bicyclic) bond motifs is 2. The van der Waals surface area contributed by atoms with E-state index in [2.05, 4.69) is 15.3 Å². The fraction of sp³-hybridized carbons (Fsp3) is 0.276. The molecule has 1 N–H and O–H groups in total. The number of aromatic nitrogens is 2. The molecule has 0 radical (unpaired) electrons. The second-order valence-corrected chi connectivity index (χ2v) is 9.47. The van der Waals surface area contributed by atoms with E-state index in [0.717, 1.165) is 35.7 Å². The molecule has 7 nitrogen and oxygen atoms in total. The number of piperidine rings is 1. The van der Waals surface area contributed by atoms with Gasteiger partial charge in [-0.2, -0.15) is 0 Å². The van der Waals surface area contributed by atoms with Crippen LogP contribution in [-0.2, 0) is 0 Å². The van der Waals surface area contributed by atoms with Gasteiger partial charge in [0, 0.05) is 30.0 Å². The maximum atomic E-state index is 15.7. The van der Waals surface area contributed by atoms with Gasteiger partial charge in [0.2, 0.25) is 0 Å². The van der Waals surface area contributed by atoms with E-state index in [1.165, 1.54) is 6.07 Å². The molecule has 2 aromatic carbocycles. The molecule has 0 bridgehead atoms. The second-order valence-electron chi connectivity index (χ2n) is 9.47. The Morgan fingerprint density at radius 3 is 2.89 bits per heavy atom. The highest BCUT2D eigenvalue weighted by Crippen LogP contribution is 2.36. The highest BCUT2D eigenvalue weighted by molar-refractivity contribution is 6.11. The first-order valence-electron chi connectivity index (χ1n) is 12.7. The summed E-state index contributed by atoms with van der Waals surface area (Å²) < 4.78 is 21.4. The number of benzene rings is 2. The lowest BCUT2D eigenvalue weighted by atomic mass is 10.0. The number of carbonyl (C=O) groups is 1. The van der Waals surface area contributed by atoms with Crippen LogP contribution in [0.3, 0.4) is 0 Å². The summed E-state index contributed by atoms with van der Waals surface area (Å²) in [6.45, 7) is 4.55. The molecule has 2 aromatic heterocycles. The third kappa shape index (κ3) is 4.27. The van der Waals surface area contributed by atoms with Crippen LogP contribution < -0.4 is 19.9 Å². The van der Waals surface area contributed by atoms with Crippen LogP contribution in [0.2, 0.25) is 0 Å². The number of hydrogen-bond donors (Lipinski definition) is 1. The third-order valence-corrected chi connectivity index (χ3v) is 7.14. The maximum absolute atomic E-state index is 15.7. The summed E-state index contributed by atoms with van der Waals surface area (Å²) in [6, 6.07) is 16.2. The van der Waals surface area contributed by atoms with Crippen molar-refractivity contribution >= 4 is 34.0 Å². The van der Waals surface area contributed by atoms with Crippen LogP contribution in [0.1, 0.15) is 28.8 Å². The summed E-state index contributed by atoms with van der Waals surface area (Å²) in [5, 5.41) is 5.30. The number of hydrogen-bond acceptors (Lipinski definition) is 6. The lowest BCUT2D eigenvalue weighted by Crippen LogP contribution is -2.49. The van der Waals surface area contributed by atoms with Crippen LogP contribution >= 0.6 is 0 Å². The number of nitrogens with one attached hydrogen (secondary N) is 1. The van der Waals surface area contributed by atoms with Gasteiger partial charge < -0.3 is 15.0 Å². The van der Waals surface area contributed by atoms with E-state index in [0.29, 0.717) is 42.8 Å². The maximum Gasteiger partial charge on any atom is 0.262 e. The van der Waals surface area contributed by atoms with Crippen molar-refractivity contribution in [3.63, 3.8) is 0 Å². The molecule has 1 fully saturated rings. The molecule has 188 valence electrons. The van der Waals surface area contributed by atoms with Gasteiger partial charge >= 0.3 is 0 Å². The van der Waals surface area contributed by atoms with Crippen LogP contribution in [0.5, 0.6) is 5.75 Å². The molecule has 2 aliphatic rings. The normalized spacial score (nSPS) is 17.2. The van der Waals surface area contributed by atoms with Crippen LogP contribution in [0, 0.1) is 12.7 Å². The van der Waals surface area contributed by atoms with Gasteiger partial charge in [-0.05, 0) is 73.7 Å². The van der Waals surface area contributed by atoms with Crippen molar-refractivity contribution in [2.45, 2.75) is 25.8 Å². The zero-order valence-electron chi connectivity index (χ0n) is 20.7. The number of nitrogens with zero attached hydrogens (tertiary/aromatic N) is 4. The van der Waals surface area contributed by atoms with E-state index >= 15 is 4.39 Å². The van der Waals surface area contributed by atoms with Crippen molar-refractivity contribution in [3.05, 3.63) is 83.9 Å². The largest absolute Gasteiger partial charge is 0.488 e. The zero-order chi connectivity index (χ0) is 25.4. The smallest absolute Gasteiger partial charge is 0.262 e. The third-order valence-electron chi connectivity index (χ3n) is 7.14. The highest BCUT2D eigenvalue weighted by atomic mass is 19.1. The molecule has 6 rings (SSSR count). The Morgan fingerprint density at radius 1 is 1.14 bits per heavy atom. The van der Waals surface area contributed by atoms with Crippen LogP contribution in [0.25, 0.3) is 10.8 Å². The van der Waals surface area contributed by atoms with E-state index in [9.17, 15) is 4.79 Å². The molecule has 0 unspecified atom stereocenters. The molecule has 1 atom stereocenters. The molecule has 2 aliphatic heterocycles. The van der Waals surface area contributed by atoms with E-state index in [4.69, 9.17) is 4.74 Å². The lowest BCUT2D eigenvalue weighted by Gasteiger charge is -2.35. The van der Waals surface area contributed by atoms with Gasteiger partial charge in [0.25, 0.3) is 5.91 Å². The topological polar surface area (TPSA) is 70.6 Å². The minimum Gasteiger partial charge on any atom is -0.488 e. The quantitative estimate of drug-likeness (QED) is 0.428. The molecule has 0 spiro atoms. The Morgan fingerprint density at radius 2 is 2.05 bits per heavy atom. The Bertz CT molecular complexity index is 1460. The number of carbonyl (C=O) groups excluding carboxylic acids is 1. The highest BCUT2D eigenvalue weighted by Gasteiger charge is 2.32. The van der Waals surface area contributed by atoms with Crippen LogP contribution in [0.15, 0.2) is 67.0 Å². The average Bonchev–Trinajstić information content (AvgIpc) is 2.93. The van der Waals surface area contributed by atoms with E-state index < -0.39 is 5.82 Å². The van der Waals surface area contributed by atoms with Gasteiger partial charge in [-0.25, -0.2) is 14.4 Å². The number of ether oxygens (including phenoxy) is 1. The first kappa shape index (κ1) is 23.4. The predicted molar refractivity (Wildman–Crippen MR) is 142 cm³/mol. The van der Waals surface area contributed by atoms with Crippen molar-refractivity contribution < 1.29 is 13.9 Å². The number of amides is 1. The summed E-state index contributed by atoms with van der Waals surface area (Å²) in [4.78, 5) is 26.8. The number of pyridine rings is 2. The molecule has 37 heavy (non-hydrogen) atoms. The van der Waals surface area contributed by atoms with Crippen molar-refractivity contribution in [3.8, 4) is 5.75 Å². The van der Waals surface area contributed by atoms with Crippen molar-refractivity contribution in [1.29, 1.82) is 0 Å². The van der Waals surface area contributed by atoms with Gasteiger partial charge in [0.15, 0.2) is 11.6 Å². The molecule has 4 heterocycles. The van der Waals surface area contributed by atoms with Gasteiger partial charge in [0.05, 0.1) is 18.2 Å². The standard InChI is InChI=1S/C29H28FN5O2/c1-19-5-2-6-20-11-14-33-28(26(19)20)35(22-7-3-12-31-18-22)29(36)23-10-9-21(17-24(23)30)34-15-16-37-25-8-4-13-32-27(25)34/h2,4-6,8-11,13-14,17,22,31H,3,7,12,15-16,18H2,1H3/t22-/m1/s1. The van der Waals surface area contributed by atoms with E-state index in [-0.39, 0.29) is 17.5 Å². The second kappa shape index (κ2) is 9.78. The van der Waals surface area contributed by atoms with Gasteiger partial charge in [-0.3, -0.25) is 9.69 Å². The lowest BCUT2D eigenvalue weighted by molar-refractivity contribution is 0.0968. The minimum absolute atomic E-state index is 0.0243. The van der Waals surface area contributed by atoms with Crippen molar-refractivity contribution in [1.82, 2.24) is 15.3 Å². The predicted octanol–water partition coefficient (Wildman–Crippen LogP) is 5.01. The molecule has 4 aromatic rings. The first-order chi connectivity index (χ1) is 18.1. The van der Waals surface area contributed by atoms with Crippen LogP contribution in [-0.4, -0.2) is 48.2 Å². The number of halogens is 1. The molecule has 1 amide bonds. The molecule has 8 heteroatoms. The SMILES string of the molecule is Cc1cccc2ccnc(N(C(=O)c3ccc(N4CCOc5cccnc54)cc3F)[C@@H]3CCCNC3)c12. The minimum atomic E-state index is -0.572. The summed E-state index contributed by atoms with van der Waals surface area (Å²) in [5.41, 5.74) is 1.68. The monoisotopic (exact) mass is 497 g/mol. The summed E-state index contributed by atoms with van der Waals surface area (Å²) in [5.74, 6) is 0.906. The van der Waals surface area contributed by atoms with Crippen molar-refractivity contribution in [2.75, 3.05) is 36.0 Å². The summed E-state index contributed by atoms with van der Waals surface area (Å²) >= 11 is 0. The summed E-state index contributed by atoms with van der Waals surface area (Å²) in [7, 11) is 0. The van der Waals surface area contributed by atoms with Gasteiger partial charge in [0.1, 0.15) is 18.2 Å². The number of aryl methyl sites for hydroxylation is 1. The Kier molecular flexibility index (Phi) is 6.18. The fourth-order valence-electron chi connectivity index (χ4n) is 5.34. The molecule has 0 saturated carbocycles. The fourth-order valence-corrected chi connectivity index (χ4v) is 5.34. The number of rotatable bonds is 4. The summed E-state index contributed by atoms with van der Waals surface area (Å²) in [6.07, 6.45) is 5.15. The van der Waals surface area contributed by atoms with Crippen molar-refractivity contribution in [2.24, 2.45) is 0 Å². The Labute approximate surface area is 214 Å². The molecule has 0 aliphatic carbocycles. The van der Waals surface area contributed by atoms with Gasteiger partial charge in [-0.1, -0.05) is 18.2 Å². The first-order valence-corrected chi connectivity index (χ1v) is 12.7. The molecular formula is C29H28FN5O2. The van der Waals surface area contributed by atoms with Crippen LogP contribution in [0.4, 0.5) is 21.7 Å². The Balaban J connectivity index is 1.41. The zero-order valence-corrected chi connectivity index (χ0v) is 20.7. The van der Waals surface area contributed by atoms with E-state index in [1.54, 1.807) is 29.4 Å². The molecular weight excluding hydrogens is 469 g/mol. The van der Waals surface area contributed by atoms with Gasteiger partial charge in [-0.15, -0.1) is 0 Å². The Hall–Kier alpha value is -4.04. The number of anilines is 3.